The van der Waals surface area contributed by atoms with Crippen LogP contribution < -0.4 is 19.9 Å². The molecular formula is C28H24N4O3. The number of aryl methyl sites for hydroxylation is 1. The number of benzene rings is 3. The first kappa shape index (κ1) is 22.1. The highest BCUT2D eigenvalue weighted by molar-refractivity contribution is 5.71. The molecule has 7 heteroatoms. The van der Waals surface area contributed by atoms with E-state index in [1.807, 2.05) is 60.7 Å². The average molecular weight is 465 g/mol. The lowest BCUT2D eigenvalue weighted by atomic mass is 9.83. The molecule has 0 bridgehead atoms. The van der Waals surface area contributed by atoms with Crippen molar-refractivity contribution in [3.8, 4) is 34.7 Å². The number of methoxy groups -OCH3 is 1. The quantitative estimate of drug-likeness (QED) is 0.407. The average Bonchev–Trinajstić information content (AvgIpc) is 3.31. The fourth-order valence-corrected chi connectivity index (χ4v) is 4.25. The number of fused-ring (bicyclic) bond motifs is 1. The Bertz CT molecular complexity index is 1430. The van der Waals surface area contributed by atoms with Crippen LogP contribution in [0.2, 0.25) is 0 Å². The summed E-state index contributed by atoms with van der Waals surface area (Å²) in [4.78, 5) is 0. The number of hydrogen-bond acceptors (Lipinski definition) is 6. The van der Waals surface area contributed by atoms with Crippen molar-refractivity contribution < 1.29 is 14.2 Å². The zero-order chi connectivity index (χ0) is 24.4. The van der Waals surface area contributed by atoms with Crippen molar-refractivity contribution in [2.24, 2.45) is 5.73 Å². The molecule has 1 aliphatic heterocycles. The third-order valence-electron chi connectivity index (χ3n) is 6.19. The Labute approximate surface area is 203 Å². The van der Waals surface area contributed by atoms with Gasteiger partial charge >= 0.3 is 0 Å². The molecule has 0 unspecified atom stereocenters. The van der Waals surface area contributed by atoms with E-state index in [2.05, 4.69) is 35.3 Å². The fraction of sp³-hybridized carbons (Fsp3) is 0.143. The Morgan fingerprint density at radius 1 is 1.03 bits per heavy atom. The first-order valence-electron chi connectivity index (χ1n) is 11.2. The minimum absolute atomic E-state index is 0.0534. The van der Waals surface area contributed by atoms with E-state index in [0.717, 1.165) is 39.4 Å². The summed E-state index contributed by atoms with van der Waals surface area (Å²) in [5.74, 6) is 1.46. The maximum Gasteiger partial charge on any atom is 0.244 e. The van der Waals surface area contributed by atoms with Gasteiger partial charge in [0.05, 0.1) is 24.3 Å². The van der Waals surface area contributed by atoms with Crippen molar-refractivity contribution in [3.63, 3.8) is 0 Å². The normalized spacial score (nSPS) is 14.6. The number of aromatic amines is 1. The second-order valence-electron chi connectivity index (χ2n) is 8.25. The third-order valence-corrected chi connectivity index (χ3v) is 6.19. The number of aromatic nitrogens is 2. The molecule has 5 rings (SSSR count). The fourth-order valence-electron chi connectivity index (χ4n) is 4.25. The molecule has 7 nitrogen and oxygen atoms in total. The Kier molecular flexibility index (Phi) is 5.86. The summed E-state index contributed by atoms with van der Waals surface area (Å²) in [6.45, 7) is 2.54. The van der Waals surface area contributed by atoms with Crippen LogP contribution in [0.3, 0.4) is 0 Å². The number of allylic oxidation sites excluding steroid dienone is 1. The third kappa shape index (κ3) is 4.18. The van der Waals surface area contributed by atoms with Crippen molar-refractivity contribution in [3.05, 3.63) is 107 Å². The van der Waals surface area contributed by atoms with Crippen LogP contribution in [-0.4, -0.2) is 17.3 Å². The van der Waals surface area contributed by atoms with Gasteiger partial charge in [-0.05, 0) is 60.0 Å². The van der Waals surface area contributed by atoms with Crippen LogP contribution in [0.4, 0.5) is 0 Å². The van der Waals surface area contributed by atoms with Gasteiger partial charge in [0, 0.05) is 5.56 Å². The Morgan fingerprint density at radius 3 is 2.43 bits per heavy atom. The van der Waals surface area contributed by atoms with E-state index in [9.17, 15) is 5.26 Å². The maximum absolute atomic E-state index is 9.94. The summed E-state index contributed by atoms with van der Waals surface area (Å²) in [5, 5.41) is 17.3. The SMILES string of the molecule is COc1ccc(-c2[nH]nc3c2[C@H](c2ccc(OCc4ccccc4C)cc2)C(C#N)=C(N)O3)cc1. The van der Waals surface area contributed by atoms with Gasteiger partial charge in [0.25, 0.3) is 0 Å². The van der Waals surface area contributed by atoms with E-state index >= 15 is 0 Å². The molecule has 0 radical (unpaired) electrons. The van der Waals surface area contributed by atoms with Crippen LogP contribution in [0, 0.1) is 18.3 Å². The van der Waals surface area contributed by atoms with Gasteiger partial charge in [-0.25, -0.2) is 0 Å². The van der Waals surface area contributed by atoms with Crippen LogP contribution in [0.5, 0.6) is 17.4 Å². The highest BCUT2D eigenvalue weighted by atomic mass is 16.5. The number of nitriles is 1. The van der Waals surface area contributed by atoms with E-state index < -0.39 is 5.92 Å². The summed E-state index contributed by atoms with van der Waals surface area (Å²) in [7, 11) is 1.62. The van der Waals surface area contributed by atoms with Gasteiger partial charge in [-0.3, -0.25) is 5.10 Å². The van der Waals surface area contributed by atoms with Crippen LogP contribution in [0.25, 0.3) is 11.3 Å². The topological polar surface area (TPSA) is 106 Å². The lowest BCUT2D eigenvalue weighted by Gasteiger charge is -2.24. The second kappa shape index (κ2) is 9.27. The number of ether oxygens (including phenoxy) is 3. The molecular weight excluding hydrogens is 440 g/mol. The van der Waals surface area contributed by atoms with E-state index in [-0.39, 0.29) is 5.88 Å². The van der Waals surface area contributed by atoms with Crippen molar-refractivity contribution in [1.29, 1.82) is 5.26 Å². The van der Waals surface area contributed by atoms with E-state index in [0.29, 0.717) is 18.1 Å². The molecule has 3 aromatic carbocycles. The van der Waals surface area contributed by atoms with Crippen molar-refractivity contribution in [1.82, 2.24) is 10.2 Å². The predicted octanol–water partition coefficient (Wildman–Crippen LogP) is 5.19. The van der Waals surface area contributed by atoms with Crippen LogP contribution in [-0.2, 0) is 6.61 Å². The van der Waals surface area contributed by atoms with E-state index in [1.54, 1.807) is 7.11 Å². The van der Waals surface area contributed by atoms with Gasteiger partial charge in [-0.15, -0.1) is 5.10 Å². The molecule has 0 amide bonds. The molecule has 1 atom stereocenters. The van der Waals surface area contributed by atoms with Gasteiger partial charge in [0.1, 0.15) is 29.7 Å². The van der Waals surface area contributed by atoms with Gasteiger partial charge in [0.15, 0.2) is 0 Å². The van der Waals surface area contributed by atoms with Gasteiger partial charge in [-0.2, -0.15) is 5.26 Å². The number of H-pyrrole nitrogens is 1. The van der Waals surface area contributed by atoms with E-state index in [1.165, 1.54) is 5.56 Å². The number of hydrogen-bond donors (Lipinski definition) is 2. The molecule has 1 aromatic heterocycles. The molecule has 3 N–H and O–H groups in total. The lowest BCUT2D eigenvalue weighted by Crippen LogP contribution is -2.21. The first-order chi connectivity index (χ1) is 17.1. The summed E-state index contributed by atoms with van der Waals surface area (Å²) in [6, 6.07) is 25.7. The van der Waals surface area contributed by atoms with Crippen LogP contribution >= 0.6 is 0 Å². The molecule has 0 saturated heterocycles. The monoisotopic (exact) mass is 464 g/mol. The number of nitrogens with two attached hydrogens (primary N) is 1. The summed E-state index contributed by atoms with van der Waals surface area (Å²) >= 11 is 0. The Hall–Kier alpha value is -4.70. The van der Waals surface area contributed by atoms with Gasteiger partial charge < -0.3 is 19.9 Å². The highest BCUT2D eigenvalue weighted by Gasteiger charge is 2.35. The highest BCUT2D eigenvalue weighted by Crippen LogP contribution is 2.46. The molecule has 0 aliphatic carbocycles. The molecule has 0 fully saturated rings. The molecule has 35 heavy (non-hydrogen) atoms. The van der Waals surface area contributed by atoms with Crippen molar-refractivity contribution in [2.45, 2.75) is 19.4 Å². The summed E-state index contributed by atoms with van der Waals surface area (Å²) in [5.41, 5.74) is 12.1. The largest absolute Gasteiger partial charge is 0.497 e. The second-order valence-corrected chi connectivity index (χ2v) is 8.25. The molecule has 4 aromatic rings. The minimum atomic E-state index is -0.440. The van der Waals surface area contributed by atoms with Crippen LogP contribution in [0.1, 0.15) is 28.2 Å². The smallest absolute Gasteiger partial charge is 0.244 e. The van der Waals surface area contributed by atoms with Crippen molar-refractivity contribution in [2.75, 3.05) is 7.11 Å². The molecule has 1 aliphatic rings. The maximum atomic E-state index is 9.94. The minimum Gasteiger partial charge on any atom is -0.497 e. The lowest BCUT2D eigenvalue weighted by molar-refractivity contribution is 0.305. The molecule has 174 valence electrons. The van der Waals surface area contributed by atoms with Crippen LogP contribution in [0.15, 0.2) is 84.3 Å². The zero-order valence-electron chi connectivity index (χ0n) is 19.4. The standard InChI is InChI=1S/C28H24N4O3/c1-17-5-3-4-6-20(17)16-34-22-13-7-18(8-14-22)24-23(15-29)27(30)35-28-25(24)26(31-32-28)19-9-11-21(33-2)12-10-19/h3-14,24H,16,30H2,1-2H3,(H,31,32)/t24-/m1/s1. The molecule has 0 spiro atoms. The summed E-state index contributed by atoms with van der Waals surface area (Å²) < 4.78 is 17.0. The number of rotatable bonds is 6. The predicted molar refractivity (Wildman–Crippen MR) is 132 cm³/mol. The Balaban J connectivity index is 1.48. The van der Waals surface area contributed by atoms with Crippen molar-refractivity contribution >= 4 is 0 Å². The zero-order valence-corrected chi connectivity index (χ0v) is 19.4. The first-order valence-corrected chi connectivity index (χ1v) is 11.2. The van der Waals surface area contributed by atoms with Gasteiger partial charge in [-0.1, -0.05) is 36.4 Å². The number of nitrogens with zero attached hydrogens (tertiary/aromatic N) is 2. The number of nitrogens with one attached hydrogen (secondary N) is 1. The van der Waals surface area contributed by atoms with E-state index in [4.69, 9.17) is 19.9 Å². The molecule has 2 heterocycles. The van der Waals surface area contributed by atoms with Gasteiger partial charge in [0.2, 0.25) is 11.8 Å². The molecule has 0 saturated carbocycles. The summed E-state index contributed by atoms with van der Waals surface area (Å²) in [6.07, 6.45) is 0. The Morgan fingerprint density at radius 2 is 1.74 bits per heavy atom.